The van der Waals surface area contributed by atoms with Crippen LogP contribution in [-0.4, -0.2) is 28.8 Å². The zero-order chi connectivity index (χ0) is 17.4. The molecule has 128 valence electrons. The predicted molar refractivity (Wildman–Crippen MR) is 94.3 cm³/mol. The number of rotatable bonds is 8. The third kappa shape index (κ3) is 6.22. The molecular formula is C18H27ClN2O2. The van der Waals surface area contributed by atoms with Crippen LogP contribution in [0.3, 0.4) is 0 Å². The smallest absolute Gasteiger partial charge is 0.243 e. The van der Waals surface area contributed by atoms with Gasteiger partial charge in [-0.2, -0.15) is 0 Å². The maximum absolute atomic E-state index is 12.5. The van der Waals surface area contributed by atoms with Gasteiger partial charge in [-0.05, 0) is 44.4 Å². The molecule has 0 radical (unpaired) electrons. The number of carbonyl (C=O) groups is 2. The standard InChI is InChI=1S/C18H27ClN2O2/c1-5-7-17(22)21(12-14-8-10-15(19)11-9-14)16(6-2)18(23)20-13(3)4/h8-11,13,16H,5-7,12H2,1-4H3,(H,20,23). The second-order valence-corrected chi connectivity index (χ2v) is 6.42. The SMILES string of the molecule is CCCC(=O)N(Cc1ccc(Cl)cc1)C(CC)C(=O)NC(C)C. The molecule has 5 heteroatoms. The van der Waals surface area contributed by atoms with E-state index in [2.05, 4.69) is 5.32 Å². The lowest BCUT2D eigenvalue weighted by Crippen LogP contribution is -2.50. The average Bonchev–Trinajstić information content (AvgIpc) is 2.48. The zero-order valence-corrected chi connectivity index (χ0v) is 15.2. The van der Waals surface area contributed by atoms with Crippen LogP contribution < -0.4 is 5.32 Å². The fourth-order valence-electron chi connectivity index (χ4n) is 2.44. The molecule has 1 N–H and O–H groups in total. The topological polar surface area (TPSA) is 49.4 Å². The maximum atomic E-state index is 12.5. The largest absolute Gasteiger partial charge is 0.352 e. The first-order valence-corrected chi connectivity index (χ1v) is 8.61. The Morgan fingerprint density at radius 3 is 2.26 bits per heavy atom. The summed E-state index contributed by atoms with van der Waals surface area (Å²) in [5.41, 5.74) is 0.967. The highest BCUT2D eigenvalue weighted by Crippen LogP contribution is 2.16. The van der Waals surface area contributed by atoms with E-state index in [1.54, 1.807) is 17.0 Å². The molecule has 0 fully saturated rings. The van der Waals surface area contributed by atoms with Gasteiger partial charge in [0.25, 0.3) is 0 Å². The van der Waals surface area contributed by atoms with Gasteiger partial charge in [-0.15, -0.1) is 0 Å². The van der Waals surface area contributed by atoms with E-state index in [9.17, 15) is 9.59 Å². The molecule has 0 bridgehead atoms. The molecule has 4 nitrogen and oxygen atoms in total. The number of hydrogen-bond acceptors (Lipinski definition) is 2. The van der Waals surface area contributed by atoms with Crippen LogP contribution in [0.15, 0.2) is 24.3 Å². The molecule has 23 heavy (non-hydrogen) atoms. The van der Waals surface area contributed by atoms with E-state index in [0.717, 1.165) is 12.0 Å². The first kappa shape index (κ1) is 19.5. The third-order valence-electron chi connectivity index (χ3n) is 3.55. The van der Waals surface area contributed by atoms with Gasteiger partial charge >= 0.3 is 0 Å². The van der Waals surface area contributed by atoms with E-state index in [1.807, 2.05) is 39.8 Å². The van der Waals surface area contributed by atoms with Gasteiger partial charge in [0, 0.05) is 24.0 Å². The number of nitrogens with zero attached hydrogens (tertiary/aromatic N) is 1. The summed E-state index contributed by atoms with van der Waals surface area (Å²) in [7, 11) is 0. The highest BCUT2D eigenvalue weighted by atomic mass is 35.5. The highest BCUT2D eigenvalue weighted by molar-refractivity contribution is 6.30. The quantitative estimate of drug-likeness (QED) is 0.784. The van der Waals surface area contributed by atoms with E-state index in [-0.39, 0.29) is 17.9 Å². The summed E-state index contributed by atoms with van der Waals surface area (Å²) in [4.78, 5) is 26.7. The summed E-state index contributed by atoms with van der Waals surface area (Å²) < 4.78 is 0. The van der Waals surface area contributed by atoms with Gasteiger partial charge in [0.2, 0.25) is 11.8 Å². The number of hydrogen-bond donors (Lipinski definition) is 1. The van der Waals surface area contributed by atoms with Crippen molar-refractivity contribution < 1.29 is 9.59 Å². The van der Waals surface area contributed by atoms with Gasteiger partial charge in [0.05, 0.1) is 0 Å². The van der Waals surface area contributed by atoms with E-state index in [4.69, 9.17) is 11.6 Å². The van der Waals surface area contributed by atoms with Crippen LogP contribution in [0.1, 0.15) is 52.5 Å². The molecule has 0 aliphatic rings. The van der Waals surface area contributed by atoms with E-state index >= 15 is 0 Å². The van der Waals surface area contributed by atoms with Crippen molar-refractivity contribution in [2.24, 2.45) is 0 Å². The molecule has 1 unspecified atom stereocenters. The molecule has 0 spiro atoms. The number of halogens is 1. The minimum Gasteiger partial charge on any atom is -0.352 e. The third-order valence-corrected chi connectivity index (χ3v) is 3.80. The number of carbonyl (C=O) groups excluding carboxylic acids is 2. The highest BCUT2D eigenvalue weighted by Gasteiger charge is 2.28. The molecule has 2 amide bonds. The van der Waals surface area contributed by atoms with Gasteiger partial charge in [-0.3, -0.25) is 9.59 Å². The second-order valence-electron chi connectivity index (χ2n) is 5.99. The van der Waals surface area contributed by atoms with Gasteiger partial charge < -0.3 is 10.2 Å². The number of amides is 2. The molecule has 1 aromatic rings. The first-order chi connectivity index (χ1) is 10.9. The Hall–Kier alpha value is -1.55. The monoisotopic (exact) mass is 338 g/mol. The van der Waals surface area contributed by atoms with Crippen LogP contribution in [0.2, 0.25) is 5.02 Å². The Morgan fingerprint density at radius 2 is 1.78 bits per heavy atom. The summed E-state index contributed by atoms with van der Waals surface area (Å²) in [6.45, 7) is 8.15. The van der Waals surface area contributed by atoms with Crippen LogP contribution in [0.25, 0.3) is 0 Å². The van der Waals surface area contributed by atoms with Crippen LogP contribution in [0.5, 0.6) is 0 Å². The summed E-state index contributed by atoms with van der Waals surface area (Å²) in [5.74, 6) is -0.0888. The summed E-state index contributed by atoms with van der Waals surface area (Å²) in [6, 6.07) is 6.98. The van der Waals surface area contributed by atoms with Crippen molar-refractivity contribution in [3.63, 3.8) is 0 Å². The molecule has 0 saturated carbocycles. The van der Waals surface area contributed by atoms with Crippen molar-refractivity contribution in [1.29, 1.82) is 0 Å². The van der Waals surface area contributed by atoms with Crippen molar-refractivity contribution in [3.8, 4) is 0 Å². The second kappa shape index (κ2) is 9.56. The van der Waals surface area contributed by atoms with Gasteiger partial charge in [-0.1, -0.05) is 37.6 Å². The molecule has 1 rings (SSSR count). The van der Waals surface area contributed by atoms with Crippen LogP contribution in [0.4, 0.5) is 0 Å². The summed E-state index contributed by atoms with van der Waals surface area (Å²) >= 11 is 5.91. The minimum atomic E-state index is -0.452. The molecule has 0 aliphatic heterocycles. The Morgan fingerprint density at radius 1 is 1.17 bits per heavy atom. The Balaban J connectivity index is 2.99. The van der Waals surface area contributed by atoms with Gasteiger partial charge in [0.15, 0.2) is 0 Å². The maximum Gasteiger partial charge on any atom is 0.243 e. The van der Waals surface area contributed by atoms with Crippen LogP contribution in [-0.2, 0) is 16.1 Å². The Bertz CT molecular complexity index is 514. The van der Waals surface area contributed by atoms with Gasteiger partial charge in [0.1, 0.15) is 6.04 Å². The van der Waals surface area contributed by atoms with Crippen molar-refractivity contribution in [2.75, 3.05) is 0 Å². The summed E-state index contributed by atoms with van der Waals surface area (Å²) in [6.07, 6.45) is 1.79. The van der Waals surface area contributed by atoms with Crippen molar-refractivity contribution in [2.45, 2.75) is 65.6 Å². The first-order valence-electron chi connectivity index (χ1n) is 8.23. The molecule has 0 aliphatic carbocycles. The molecule has 0 heterocycles. The summed E-state index contributed by atoms with van der Waals surface area (Å²) in [5, 5.41) is 3.57. The lowest BCUT2D eigenvalue weighted by Gasteiger charge is -2.31. The van der Waals surface area contributed by atoms with E-state index in [1.165, 1.54) is 0 Å². The van der Waals surface area contributed by atoms with Crippen molar-refractivity contribution in [1.82, 2.24) is 10.2 Å². The lowest BCUT2D eigenvalue weighted by molar-refractivity contribution is -0.141. The molecule has 1 atom stereocenters. The van der Waals surface area contributed by atoms with Crippen LogP contribution >= 0.6 is 11.6 Å². The Kier molecular flexibility index (Phi) is 8.10. The zero-order valence-electron chi connectivity index (χ0n) is 14.4. The molecule has 0 aromatic heterocycles. The van der Waals surface area contributed by atoms with E-state index < -0.39 is 6.04 Å². The minimum absolute atomic E-state index is 0.00760. The fraction of sp³-hybridized carbons (Fsp3) is 0.556. The van der Waals surface area contributed by atoms with E-state index in [0.29, 0.717) is 24.4 Å². The molecule has 0 saturated heterocycles. The predicted octanol–water partition coefficient (Wildman–Crippen LogP) is 3.77. The number of benzene rings is 1. The Labute approximate surface area is 144 Å². The molecular weight excluding hydrogens is 312 g/mol. The van der Waals surface area contributed by atoms with Crippen molar-refractivity contribution >= 4 is 23.4 Å². The number of nitrogens with one attached hydrogen (secondary N) is 1. The normalized spacial score (nSPS) is 12.1. The lowest BCUT2D eigenvalue weighted by atomic mass is 10.1. The fourth-order valence-corrected chi connectivity index (χ4v) is 2.57. The van der Waals surface area contributed by atoms with Crippen molar-refractivity contribution in [3.05, 3.63) is 34.9 Å². The average molecular weight is 339 g/mol. The van der Waals surface area contributed by atoms with Gasteiger partial charge in [-0.25, -0.2) is 0 Å². The van der Waals surface area contributed by atoms with Crippen LogP contribution in [0, 0.1) is 0 Å². The molecule has 1 aromatic carbocycles.